The van der Waals surface area contributed by atoms with Gasteiger partial charge in [-0.1, -0.05) is 90.5 Å². The van der Waals surface area contributed by atoms with E-state index in [2.05, 4.69) is 36.2 Å². The maximum absolute atomic E-state index is 12.5. The zero-order valence-electron chi connectivity index (χ0n) is 18.8. The highest BCUT2D eigenvalue weighted by Crippen LogP contribution is 2.26. The molecule has 4 heteroatoms. The second-order valence-electron chi connectivity index (χ2n) is 8.09. The number of cyclic esters (lactones) is 1. The van der Waals surface area contributed by atoms with E-state index in [9.17, 15) is 4.79 Å². The number of aryl methyl sites for hydroxylation is 1. The average Bonchev–Trinajstić information content (AvgIpc) is 3.24. The zero-order chi connectivity index (χ0) is 23.3. The molecule has 0 saturated carbocycles. The summed E-state index contributed by atoms with van der Waals surface area (Å²) in [4.78, 5) is 17.0. The summed E-state index contributed by atoms with van der Waals surface area (Å²) in [5.41, 5.74) is 6.25. The molecule has 0 aromatic heterocycles. The van der Waals surface area contributed by atoms with E-state index in [1.165, 1.54) is 5.56 Å². The number of carbonyl (C=O) groups is 1. The first-order valence-corrected chi connectivity index (χ1v) is 11.1. The molecule has 0 saturated heterocycles. The third-order valence-corrected chi connectivity index (χ3v) is 5.55. The molecule has 0 aliphatic carbocycles. The van der Waals surface area contributed by atoms with Crippen LogP contribution in [-0.2, 0) is 16.1 Å². The summed E-state index contributed by atoms with van der Waals surface area (Å²) in [7, 11) is 0. The van der Waals surface area contributed by atoms with Crippen molar-refractivity contribution in [3.63, 3.8) is 0 Å². The smallest absolute Gasteiger partial charge is 0.363 e. The van der Waals surface area contributed by atoms with E-state index in [-0.39, 0.29) is 5.70 Å². The molecular weight excluding hydrogens is 422 g/mol. The van der Waals surface area contributed by atoms with Crippen LogP contribution in [0.4, 0.5) is 0 Å². The van der Waals surface area contributed by atoms with Crippen molar-refractivity contribution in [1.82, 2.24) is 0 Å². The number of carbonyl (C=O) groups excluding carboxylic acids is 1. The number of benzene rings is 4. The number of para-hydroxylation sites is 1. The second kappa shape index (κ2) is 9.59. The van der Waals surface area contributed by atoms with Crippen molar-refractivity contribution < 1.29 is 14.3 Å². The third-order valence-electron chi connectivity index (χ3n) is 5.55. The van der Waals surface area contributed by atoms with Gasteiger partial charge >= 0.3 is 5.97 Å². The number of hydrogen-bond donors (Lipinski definition) is 0. The Morgan fingerprint density at radius 1 is 0.794 bits per heavy atom. The number of rotatable bonds is 6. The molecule has 0 unspecified atom stereocenters. The normalized spacial score (nSPS) is 14.1. The van der Waals surface area contributed by atoms with E-state index in [1.807, 2.05) is 78.9 Å². The highest BCUT2D eigenvalue weighted by Gasteiger charge is 2.24. The van der Waals surface area contributed by atoms with Gasteiger partial charge in [-0.05, 0) is 47.9 Å². The molecule has 0 amide bonds. The second-order valence-corrected chi connectivity index (χ2v) is 8.09. The lowest BCUT2D eigenvalue weighted by Crippen LogP contribution is -2.05. The van der Waals surface area contributed by atoms with E-state index < -0.39 is 5.97 Å². The Labute approximate surface area is 198 Å². The maximum Gasteiger partial charge on any atom is 0.363 e. The summed E-state index contributed by atoms with van der Waals surface area (Å²) >= 11 is 0. The topological polar surface area (TPSA) is 47.9 Å². The van der Waals surface area contributed by atoms with Crippen LogP contribution in [0.15, 0.2) is 114 Å². The molecule has 0 atom stereocenters. The van der Waals surface area contributed by atoms with Gasteiger partial charge in [0.2, 0.25) is 5.90 Å². The molecule has 1 heterocycles. The minimum absolute atomic E-state index is 0.244. The molecule has 1 aliphatic rings. The molecule has 0 bridgehead atoms. The third kappa shape index (κ3) is 4.81. The van der Waals surface area contributed by atoms with Crippen molar-refractivity contribution >= 4 is 17.9 Å². The Hall–Kier alpha value is -4.44. The molecule has 0 radical (unpaired) electrons. The molecule has 5 rings (SSSR count). The molecule has 166 valence electrons. The van der Waals surface area contributed by atoms with Crippen LogP contribution < -0.4 is 4.74 Å². The lowest BCUT2D eigenvalue weighted by atomic mass is 10.0. The van der Waals surface area contributed by atoms with Gasteiger partial charge in [-0.2, -0.15) is 0 Å². The molecular formula is C30H23NO3. The van der Waals surface area contributed by atoms with Crippen LogP contribution in [0.5, 0.6) is 5.75 Å². The Bertz CT molecular complexity index is 1390. The summed E-state index contributed by atoms with van der Waals surface area (Å²) < 4.78 is 11.5. The minimum Gasteiger partial charge on any atom is -0.488 e. The molecule has 0 N–H and O–H groups in total. The fourth-order valence-electron chi connectivity index (χ4n) is 3.81. The van der Waals surface area contributed by atoms with Gasteiger partial charge in [-0.15, -0.1) is 0 Å². The van der Waals surface area contributed by atoms with Gasteiger partial charge < -0.3 is 9.47 Å². The van der Waals surface area contributed by atoms with Gasteiger partial charge in [-0.3, -0.25) is 0 Å². The number of ether oxygens (including phenoxy) is 2. The minimum atomic E-state index is -0.476. The van der Waals surface area contributed by atoms with Crippen molar-refractivity contribution in [2.45, 2.75) is 13.5 Å². The van der Waals surface area contributed by atoms with Crippen LogP contribution in [0.1, 0.15) is 22.3 Å². The Balaban J connectivity index is 1.36. The van der Waals surface area contributed by atoms with Crippen LogP contribution in [0.2, 0.25) is 0 Å². The predicted octanol–water partition coefficient (Wildman–Crippen LogP) is 6.59. The molecule has 34 heavy (non-hydrogen) atoms. The van der Waals surface area contributed by atoms with Gasteiger partial charge in [0.25, 0.3) is 0 Å². The van der Waals surface area contributed by atoms with Gasteiger partial charge in [0.1, 0.15) is 12.4 Å². The van der Waals surface area contributed by atoms with Gasteiger partial charge in [-0.25, -0.2) is 9.79 Å². The first kappa shape index (κ1) is 21.4. The fourth-order valence-corrected chi connectivity index (χ4v) is 3.81. The molecule has 4 nitrogen and oxygen atoms in total. The number of esters is 1. The first-order chi connectivity index (χ1) is 16.7. The summed E-state index contributed by atoms with van der Waals surface area (Å²) in [5, 5.41) is 0. The Kier molecular flexibility index (Phi) is 6.04. The number of aliphatic imine (C=N–C) groups is 1. The van der Waals surface area contributed by atoms with Crippen molar-refractivity contribution in [2.24, 2.45) is 4.99 Å². The maximum atomic E-state index is 12.5. The summed E-state index contributed by atoms with van der Waals surface area (Å²) in [6, 6.07) is 33.7. The van der Waals surface area contributed by atoms with E-state index in [0.29, 0.717) is 18.3 Å². The highest BCUT2D eigenvalue weighted by molar-refractivity contribution is 6.13. The standard InChI is InChI=1S/C30H23NO3/c1-21-8-7-9-22(18-21)20-33-28-13-6-5-12-26(28)19-27-30(32)34-29(31-27)25-16-14-24(15-17-25)23-10-3-2-4-11-23/h2-19H,20H2,1H3/b27-19-. The molecule has 4 aromatic rings. The van der Waals surface area contributed by atoms with Crippen LogP contribution in [0.3, 0.4) is 0 Å². The Morgan fingerprint density at radius 2 is 1.50 bits per heavy atom. The molecule has 0 spiro atoms. The number of hydrogen-bond acceptors (Lipinski definition) is 4. The van der Waals surface area contributed by atoms with E-state index >= 15 is 0 Å². The van der Waals surface area contributed by atoms with Gasteiger partial charge in [0, 0.05) is 11.1 Å². The van der Waals surface area contributed by atoms with Crippen LogP contribution in [0, 0.1) is 6.92 Å². The van der Waals surface area contributed by atoms with Crippen molar-refractivity contribution in [3.8, 4) is 16.9 Å². The van der Waals surface area contributed by atoms with Crippen molar-refractivity contribution in [2.75, 3.05) is 0 Å². The van der Waals surface area contributed by atoms with Crippen LogP contribution in [0.25, 0.3) is 17.2 Å². The van der Waals surface area contributed by atoms with Crippen molar-refractivity contribution in [1.29, 1.82) is 0 Å². The van der Waals surface area contributed by atoms with Crippen LogP contribution >= 0.6 is 0 Å². The highest BCUT2D eigenvalue weighted by atomic mass is 16.6. The Morgan fingerprint density at radius 3 is 2.29 bits per heavy atom. The van der Waals surface area contributed by atoms with E-state index in [1.54, 1.807) is 6.08 Å². The monoisotopic (exact) mass is 445 g/mol. The lowest BCUT2D eigenvalue weighted by Gasteiger charge is -2.09. The van der Waals surface area contributed by atoms with E-state index in [4.69, 9.17) is 9.47 Å². The molecule has 0 fully saturated rings. The fraction of sp³-hybridized carbons (Fsp3) is 0.0667. The molecule has 1 aliphatic heterocycles. The largest absolute Gasteiger partial charge is 0.488 e. The van der Waals surface area contributed by atoms with E-state index in [0.717, 1.165) is 27.8 Å². The van der Waals surface area contributed by atoms with Crippen LogP contribution in [-0.4, -0.2) is 11.9 Å². The zero-order valence-corrected chi connectivity index (χ0v) is 18.8. The SMILES string of the molecule is Cc1cccc(COc2ccccc2/C=C2\N=C(c3ccc(-c4ccccc4)cc3)OC2=O)c1. The van der Waals surface area contributed by atoms with Gasteiger partial charge in [0.05, 0.1) is 0 Å². The molecule has 4 aromatic carbocycles. The summed E-state index contributed by atoms with van der Waals surface area (Å²) in [6.07, 6.45) is 1.71. The predicted molar refractivity (Wildman–Crippen MR) is 134 cm³/mol. The van der Waals surface area contributed by atoms with Gasteiger partial charge in [0.15, 0.2) is 5.70 Å². The summed E-state index contributed by atoms with van der Waals surface area (Å²) in [5.74, 6) is 0.504. The van der Waals surface area contributed by atoms with Crippen molar-refractivity contribution in [3.05, 3.63) is 131 Å². The quantitative estimate of drug-likeness (QED) is 0.249. The lowest BCUT2D eigenvalue weighted by molar-refractivity contribution is -0.129. The number of nitrogens with zero attached hydrogens (tertiary/aromatic N) is 1. The first-order valence-electron chi connectivity index (χ1n) is 11.1. The average molecular weight is 446 g/mol. The summed E-state index contributed by atoms with van der Waals surface area (Å²) in [6.45, 7) is 2.49.